The summed E-state index contributed by atoms with van der Waals surface area (Å²) in [4.78, 5) is 6.81. The molecule has 0 fully saturated rings. The van der Waals surface area contributed by atoms with E-state index in [1.54, 1.807) is 30.1 Å². The van der Waals surface area contributed by atoms with E-state index in [4.69, 9.17) is 4.11 Å². The molecule has 0 aliphatic rings. The van der Waals surface area contributed by atoms with Gasteiger partial charge in [0.1, 0.15) is 17.0 Å². The second-order valence-corrected chi connectivity index (χ2v) is 12.2. The number of para-hydroxylation sites is 3. The molecule has 0 amide bonds. The lowest BCUT2D eigenvalue weighted by atomic mass is 10.1. The second-order valence-electron chi connectivity index (χ2n) is 11.0. The van der Waals surface area contributed by atoms with Gasteiger partial charge in [0.2, 0.25) is 6.33 Å². The molecule has 0 unspecified atom stereocenters. The van der Waals surface area contributed by atoms with Gasteiger partial charge in [-0.15, -0.1) is 0 Å². The molecule has 0 aliphatic carbocycles. The Morgan fingerprint density at radius 2 is 1.52 bits per heavy atom. The van der Waals surface area contributed by atoms with E-state index in [2.05, 4.69) is 125 Å². The zero-order valence-corrected chi connectivity index (χ0v) is 23.5. The maximum atomic E-state index is 7.93. The summed E-state index contributed by atoms with van der Waals surface area (Å²) in [6, 6.07) is 35.0. The number of aromatic nitrogens is 4. The summed E-state index contributed by atoms with van der Waals surface area (Å²) in [7, 11) is 0. The van der Waals surface area contributed by atoms with E-state index in [1.165, 1.54) is 5.52 Å². The molecule has 5 heteroatoms. The quantitative estimate of drug-likeness (QED) is 0.208. The molecule has 40 heavy (non-hydrogen) atoms. The zero-order chi connectivity index (χ0) is 29.9. The van der Waals surface area contributed by atoms with Gasteiger partial charge in [0, 0.05) is 30.9 Å². The van der Waals surface area contributed by atoms with Gasteiger partial charge in [-0.2, -0.15) is 4.57 Å². The summed E-state index contributed by atoms with van der Waals surface area (Å²) < 4.78 is 30.4. The summed E-state index contributed by atoms with van der Waals surface area (Å²) in [5.74, 6) is 0.593. The Morgan fingerprint density at radius 3 is 2.38 bits per heavy atom. The Balaban J connectivity index is 1.32. The van der Waals surface area contributed by atoms with Crippen molar-refractivity contribution in [2.45, 2.75) is 43.0 Å². The van der Waals surface area contributed by atoms with Gasteiger partial charge in [-0.25, -0.2) is 9.55 Å². The molecule has 7 aromatic rings. The Bertz CT molecular complexity index is 2150. The third-order valence-electron chi connectivity index (χ3n) is 7.31. The maximum Gasteiger partial charge on any atom is 0.250 e. The maximum absolute atomic E-state index is 7.93. The molecule has 0 bridgehead atoms. The number of aryl methyl sites for hydroxylation is 1. The third kappa shape index (κ3) is 4.18. The number of benzene rings is 4. The van der Waals surface area contributed by atoms with Gasteiger partial charge in [-0.3, -0.25) is 4.57 Å². The molecule has 0 N–H and O–H groups in total. The average molecular weight is 543 g/mol. The van der Waals surface area contributed by atoms with Crippen molar-refractivity contribution in [3.63, 3.8) is 0 Å². The van der Waals surface area contributed by atoms with Crippen LogP contribution < -0.4 is 4.57 Å². The van der Waals surface area contributed by atoms with Crippen molar-refractivity contribution in [1.82, 2.24) is 14.1 Å². The van der Waals surface area contributed by atoms with Crippen LogP contribution in [0.5, 0.6) is 0 Å². The smallest absolute Gasteiger partial charge is 0.250 e. The highest BCUT2D eigenvalue weighted by atomic mass is 32.2. The molecule has 7 rings (SSSR count). The van der Waals surface area contributed by atoms with Crippen LogP contribution in [0.4, 0.5) is 0 Å². The lowest BCUT2D eigenvalue weighted by molar-refractivity contribution is -0.731. The van der Waals surface area contributed by atoms with Gasteiger partial charge in [-0.05, 0) is 93.9 Å². The van der Waals surface area contributed by atoms with Crippen LogP contribution in [0.1, 0.15) is 30.4 Å². The molecular formula is C35H31N4S+. The first-order chi connectivity index (χ1) is 20.6. The van der Waals surface area contributed by atoms with Crippen LogP contribution in [-0.2, 0) is 5.54 Å². The summed E-state index contributed by atoms with van der Waals surface area (Å²) in [6.45, 7) is 4.46. The Labute approximate surface area is 242 Å². The van der Waals surface area contributed by atoms with Crippen LogP contribution in [0.2, 0.25) is 0 Å². The normalized spacial score (nSPS) is 13.5. The highest BCUT2D eigenvalue weighted by Gasteiger charge is 2.26. The van der Waals surface area contributed by atoms with E-state index >= 15 is 0 Å². The summed E-state index contributed by atoms with van der Waals surface area (Å²) in [5, 5.41) is 2.20. The highest BCUT2D eigenvalue weighted by Crippen LogP contribution is 2.36. The molecule has 3 heterocycles. The minimum absolute atomic E-state index is 0.0526. The van der Waals surface area contributed by atoms with Crippen LogP contribution in [0, 0.1) is 6.85 Å². The van der Waals surface area contributed by atoms with Gasteiger partial charge in [0.15, 0.2) is 11.0 Å². The van der Waals surface area contributed by atoms with Gasteiger partial charge in [0.25, 0.3) is 0 Å². The first kappa shape index (κ1) is 21.5. The number of nitrogens with zero attached hydrogens (tertiary/aromatic N) is 4. The monoisotopic (exact) mass is 542 g/mol. The molecule has 3 aromatic heterocycles. The molecule has 0 saturated carbocycles. The lowest BCUT2D eigenvalue weighted by Gasteiger charge is -2.14. The van der Waals surface area contributed by atoms with E-state index < -0.39 is 6.85 Å². The second kappa shape index (κ2) is 9.39. The molecule has 0 spiro atoms. The fourth-order valence-electron chi connectivity index (χ4n) is 5.49. The molecule has 0 radical (unpaired) electrons. The molecule has 196 valence electrons. The number of hydrogen-bond acceptors (Lipinski definition) is 2. The first-order valence-corrected chi connectivity index (χ1v) is 14.2. The van der Waals surface area contributed by atoms with E-state index in [0.29, 0.717) is 5.82 Å². The fourth-order valence-corrected chi connectivity index (χ4v) is 6.39. The predicted molar refractivity (Wildman–Crippen MR) is 166 cm³/mol. The zero-order valence-electron chi connectivity index (χ0n) is 25.7. The van der Waals surface area contributed by atoms with Crippen LogP contribution in [0.15, 0.2) is 125 Å². The number of pyridine rings is 1. The van der Waals surface area contributed by atoms with Gasteiger partial charge in [0.05, 0.1) is 11.0 Å². The van der Waals surface area contributed by atoms with Gasteiger partial charge >= 0.3 is 0 Å². The van der Waals surface area contributed by atoms with Crippen molar-refractivity contribution in [2.75, 3.05) is 0 Å². The topological polar surface area (TPSA) is 26.6 Å². The highest BCUT2D eigenvalue weighted by molar-refractivity contribution is 7.99. The third-order valence-corrected chi connectivity index (χ3v) is 8.29. The SMILES string of the molecule is [2H]C([2H])([2H])c1ccnc(-n2c3ccccc3c3ccc(Sc4cccc(-n5c[n+](C(C)(C)C)c6ccccc65)c4)cc32)c1. The van der Waals surface area contributed by atoms with E-state index in [9.17, 15) is 0 Å². The molecular weight excluding hydrogens is 508 g/mol. The van der Waals surface area contributed by atoms with Crippen LogP contribution in [0.3, 0.4) is 0 Å². The molecule has 4 aromatic carbocycles. The van der Waals surface area contributed by atoms with E-state index in [1.807, 2.05) is 12.1 Å². The van der Waals surface area contributed by atoms with Crippen molar-refractivity contribution >= 4 is 44.6 Å². The fraction of sp³-hybridized carbons (Fsp3) is 0.143. The summed E-state index contributed by atoms with van der Waals surface area (Å²) in [5.41, 5.74) is 5.66. The van der Waals surface area contributed by atoms with Crippen molar-refractivity contribution in [2.24, 2.45) is 0 Å². The minimum atomic E-state index is -2.21. The Morgan fingerprint density at radius 1 is 0.750 bits per heavy atom. The molecule has 4 nitrogen and oxygen atoms in total. The van der Waals surface area contributed by atoms with Crippen LogP contribution in [0.25, 0.3) is 44.3 Å². The molecule has 0 aliphatic heterocycles. The van der Waals surface area contributed by atoms with Crippen molar-refractivity contribution in [3.05, 3.63) is 121 Å². The van der Waals surface area contributed by atoms with Crippen LogP contribution in [-0.4, -0.2) is 14.1 Å². The lowest BCUT2D eigenvalue weighted by Crippen LogP contribution is -2.49. The Hall–Kier alpha value is -4.35. The standard InChI is InChI=1S/C35H31N4S/c1-24-18-19-36-34(20-24)39-30-13-6-5-12-28(30)29-17-16-27(22-33(29)39)40-26-11-9-10-25(21-26)37-23-38(35(2,3)4)32-15-8-7-14-31(32)37/h5-23H,1-4H3/q+1/i1D3. The molecule has 0 atom stereocenters. The summed E-state index contributed by atoms with van der Waals surface area (Å²) >= 11 is 1.71. The van der Waals surface area contributed by atoms with Gasteiger partial charge < -0.3 is 0 Å². The van der Waals surface area contributed by atoms with Gasteiger partial charge in [-0.1, -0.05) is 54.2 Å². The number of imidazole rings is 1. The van der Waals surface area contributed by atoms with Crippen molar-refractivity contribution < 1.29 is 8.68 Å². The van der Waals surface area contributed by atoms with Crippen molar-refractivity contribution in [3.8, 4) is 11.5 Å². The Kier molecular flexibility index (Phi) is 5.04. The van der Waals surface area contributed by atoms with E-state index in [-0.39, 0.29) is 11.1 Å². The van der Waals surface area contributed by atoms with Crippen LogP contribution >= 0.6 is 11.8 Å². The first-order valence-electron chi connectivity index (χ1n) is 14.9. The number of rotatable bonds is 4. The number of fused-ring (bicyclic) bond motifs is 4. The average Bonchev–Trinajstić information content (AvgIpc) is 3.53. The largest absolute Gasteiger partial charge is 0.294 e. The molecule has 0 saturated heterocycles. The van der Waals surface area contributed by atoms with Crippen molar-refractivity contribution in [1.29, 1.82) is 0 Å². The minimum Gasteiger partial charge on any atom is -0.294 e. The predicted octanol–water partition coefficient (Wildman–Crippen LogP) is 8.62. The van der Waals surface area contributed by atoms with E-state index in [0.717, 1.165) is 42.8 Å². The summed E-state index contributed by atoms with van der Waals surface area (Å²) in [6.07, 6.45) is 3.77. The number of hydrogen-bond donors (Lipinski definition) is 0.